The van der Waals surface area contributed by atoms with Crippen LogP contribution in [0.4, 0.5) is 10.1 Å². The number of sulfonamides is 1. The summed E-state index contributed by atoms with van der Waals surface area (Å²) in [6.45, 7) is 1.19. The fraction of sp³-hybridized carbons (Fsp3) is 0.261. The minimum absolute atomic E-state index is 0.0454. The molecule has 2 heterocycles. The minimum Gasteiger partial charge on any atom is -0.455 e. The average molecular weight is 491 g/mol. The zero-order valence-corrected chi connectivity index (χ0v) is 19.3. The van der Waals surface area contributed by atoms with E-state index in [4.69, 9.17) is 9.47 Å². The molecule has 1 fully saturated rings. The molecule has 3 aromatic rings. The SMILES string of the molecule is O=C(CCc1ccsc1)Nc1cc(S(=O)(=O)N2CCOCC2)ccc1Oc1ccc(F)cc1. The summed E-state index contributed by atoms with van der Waals surface area (Å²) in [5.41, 5.74) is 1.28. The predicted molar refractivity (Wildman–Crippen MR) is 124 cm³/mol. The molecule has 33 heavy (non-hydrogen) atoms. The number of carbonyl (C=O) groups excluding carboxylic acids is 1. The second-order valence-electron chi connectivity index (χ2n) is 7.41. The van der Waals surface area contributed by atoms with Crippen LogP contribution in [0.5, 0.6) is 11.5 Å². The van der Waals surface area contributed by atoms with Crippen molar-refractivity contribution < 1.29 is 27.1 Å². The fourth-order valence-corrected chi connectivity index (χ4v) is 5.47. The maximum absolute atomic E-state index is 13.2. The van der Waals surface area contributed by atoms with E-state index in [9.17, 15) is 17.6 Å². The number of benzene rings is 2. The van der Waals surface area contributed by atoms with Crippen molar-refractivity contribution in [2.75, 3.05) is 31.6 Å². The number of halogens is 1. The van der Waals surface area contributed by atoms with E-state index < -0.39 is 15.8 Å². The van der Waals surface area contributed by atoms with Crippen molar-refractivity contribution in [1.29, 1.82) is 0 Å². The van der Waals surface area contributed by atoms with Crippen LogP contribution in [0, 0.1) is 5.82 Å². The number of carbonyl (C=O) groups is 1. The molecule has 0 bridgehead atoms. The lowest BCUT2D eigenvalue weighted by Gasteiger charge is -2.26. The molecular weight excluding hydrogens is 467 g/mol. The van der Waals surface area contributed by atoms with Gasteiger partial charge in [-0.2, -0.15) is 15.6 Å². The first-order valence-corrected chi connectivity index (χ1v) is 12.8. The summed E-state index contributed by atoms with van der Waals surface area (Å²) in [7, 11) is -3.77. The molecule has 1 N–H and O–H groups in total. The number of anilines is 1. The third-order valence-electron chi connectivity index (χ3n) is 5.10. The van der Waals surface area contributed by atoms with Crippen molar-refractivity contribution in [3.05, 3.63) is 70.7 Å². The van der Waals surface area contributed by atoms with Gasteiger partial charge in [-0.1, -0.05) is 0 Å². The molecular formula is C23H23FN2O5S2. The van der Waals surface area contributed by atoms with Gasteiger partial charge in [-0.05, 0) is 71.3 Å². The molecule has 1 aromatic heterocycles. The molecule has 1 saturated heterocycles. The number of morpholine rings is 1. The molecule has 0 atom stereocenters. The number of amides is 1. The first-order chi connectivity index (χ1) is 15.9. The molecule has 0 saturated carbocycles. The molecule has 0 unspecified atom stereocenters. The van der Waals surface area contributed by atoms with E-state index in [0.29, 0.717) is 25.4 Å². The van der Waals surface area contributed by atoms with E-state index in [-0.39, 0.29) is 41.7 Å². The van der Waals surface area contributed by atoms with Gasteiger partial charge in [-0.25, -0.2) is 12.8 Å². The summed E-state index contributed by atoms with van der Waals surface area (Å²) < 4.78 is 51.9. The molecule has 7 nitrogen and oxygen atoms in total. The van der Waals surface area contributed by atoms with E-state index in [1.54, 1.807) is 11.3 Å². The lowest BCUT2D eigenvalue weighted by Crippen LogP contribution is -2.40. The van der Waals surface area contributed by atoms with Crippen LogP contribution in [0.3, 0.4) is 0 Å². The zero-order valence-electron chi connectivity index (χ0n) is 17.7. The van der Waals surface area contributed by atoms with E-state index >= 15 is 0 Å². The highest BCUT2D eigenvalue weighted by atomic mass is 32.2. The van der Waals surface area contributed by atoms with Crippen molar-refractivity contribution in [2.45, 2.75) is 17.7 Å². The smallest absolute Gasteiger partial charge is 0.243 e. The first kappa shape index (κ1) is 23.4. The van der Waals surface area contributed by atoms with Gasteiger partial charge in [0.2, 0.25) is 15.9 Å². The topological polar surface area (TPSA) is 84.9 Å². The Morgan fingerprint density at radius 3 is 2.58 bits per heavy atom. The highest BCUT2D eigenvalue weighted by Gasteiger charge is 2.27. The standard InChI is InChI=1S/C23H23FN2O5S2/c24-18-2-4-19(5-3-18)31-22-7-6-20(33(28,29)26-10-12-30-13-11-26)15-21(22)25-23(27)8-1-17-9-14-32-16-17/h2-7,9,14-16H,1,8,10-13H2,(H,25,27). The van der Waals surface area contributed by atoms with Crippen LogP contribution in [0.25, 0.3) is 0 Å². The Balaban J connectivity index is 1.59. The van der Waals surface area contributed by atoms with Gasteiger partial charge in [0.05, 0.1) is 23.8 Å². The number of rotatable bonds is 8. The van der Waals surface area contributed by atoms with Crippen LogP contribution in [-0.2, 0) is 26.0 Å². The summed E-state index contributed by atoms with van der Waals surface area (Å²) in [6.07, 6.45) is 0.794. The van der Waals surface area contributed by atoms with Gasteiger partial charge in [0.25, 0.3) is 0 Å². The maximum Gasteiger partial charge on any atom is 0.243 e. The molecule has 1 aliphatic heterocycles. The summed E-state index contributed by atoms with van der Waals surface area (Å²) >= 11 is 1.56. The number of nitrogens with one attached hydrogen (secondary N) is 1. The van der Waals surface area contributed by atoms with Crippen LogP contribution in [0.15, 0.2) is 64.2 Å². The molecule has 4 rings (SSSR count). The van der Waals surface area contributed by atoms with E-state index in [2.05, 4.69) is 5.32 Å². The second kappa shape index (κ2) is 10.4. The molecule has 174 valence electrons. The van der Waals surface area contributed by atoms with Crippen molar-refractivity contribution in [1.82, 2.24) is 4.31 Å². The van der Waals surface area contributed by atoms with Gasteiger partial charge < -0.3 is 14.8 Å². The number of thiophene rings is 1. The Morgan fingerprint density at radius 1 is 1.12 bits per heavy atom. The quantitative estimate of drug-likeness (QED) is 0.510. The molecule has 2 aromatic carbocycles. The highest BCUT2D eigenvalue weighted by Crippen LogP contribution is 2.33. The normalized spacial score (nSPS) is 14.7. The van der Waals surface area contributed by atoms with Crippen molar-refractivity contribution in [3.8, 4) is 11.5 Å². The lowest BCUT2D eigenvalue weighted by atomic mass is 10.2. The highest BCUT2D eigenvalue weighted by molar-refractivity contribution is 7.89. The van der Waals surface area contributed by atoms with Crippen LogP contribution in [0.1, 0.15) is 12.0 Å². The van der Waals surface area contributed by atoms with Gasteiger partial charge >= 0.3 is 0 Å². The summed E-state index contributed by atoms with van der Waals surface area (Å²) in [5, 5.41) is 6.70. The largest absolute Gasteiger partial charge is 0.455 e. The number of hydrogen-bond donors (Lipinski definition) is 1. The van der Waals surface area contributed by atoms with Crippen molar-refractivity contribution >= 4 is 33.0 Å². The molecule has 0 spiro atoms. The number of aryl methyl sites for hydroxylation is 1. The van der Waals surface area contributed by atoms with Gasteiger partial charge in [0.1, 0.15) is 11.6 Å². The van der Waals surface area contributed by atoms with E-state index in [1.807, 2.05) is 16.8 Å². The average Bonchev–Trinajstić information content (AvgIpc) is 3.34. The third kappa shape index (κ3) is 5.97. The van der Waals surface area contributed by atoms with Crippen LogP contribution in [0.2, 0.25) is 0 Å². The third-order valence-corrected chi connectivity index (χ3v) is 7.72. The van der Waals surface area contributed by atoms with Crippen molar-refractivity contribution in [3.63, 3.8) is 0 Å². The molecule has 1 aliphatic rings. The molecule has 10 heteroatoms. The first-order valence-electron chi connectivity index (χ1n) is 10.4. The molecule has 1 amide bonds. The summed E-state index contributed by atoms with van der Waals surface area (Å²) in [6, 6.07) is 11.7. The van der Waals surface area contributed by atoms with E-state index in [1.165, 1.54) is 46.8 Å². The minimum atomic E-state index is -3.77. The predicted octanol–water partition coefficient (Wildman–Crippen LogP) is 4.27. The van der Waals surface area contributed by atoms with Gasteiger partial charge in [-0.3, -0.25) is 4.79 Å². The summed E-state index contributed by atoms with van der Waals surface area (Å²) in [5.74, 6) is -0.0669. The molecule has 0 aliphatic carbocycles. The number of nitrogens with zero attached hydrogens (tertiary/aromatic N) is 1. The van der Waals surface area contributed by atoms with Crippen LogP contribution in [-0.4, -0.2) is 44.9 Å². The monoisotopic (exact) mass is 490 g/mol. The summed E-state index contributed by atoms with van der Waals surface area (Å²) in [4.78, 5) is 12.7. The Kier molecular flexibility index (Phi) is 7.39. The Bertz CT molecular complexity index is 1190. The van der Waals surface area contributed by atoms with Gasteiger partial charge in [-0.15, -0.1) is 0 Å². The van der Waals surface area contributed by atoms with Crippen molar-refractivity contribution in [2.24, 2.45) is 0 Å². The number of hydrogen-bond acceptors (Lipinski definition) is 6. The van der Waals surface area contributed by atoms with Crippen LogP contribution >= 0.6 is 11.3 Å². The Hall–Kier alpha value is -2.79. The maximum atomic E-state index is 13.2. The zero-order chi connectivity index (χ0) is 23.3. The Morgan fingerprint density at radius 2 is 1.88 bits per heavy atom. The second-order valence-corrected chi connectivity index (χ2v) is 10.1. The van der Waals surface area contributed by atoms with E-state index in [0.717, 1.165) is 5.56 Å². The molecule has 0 radical (unpaired) electrons. The fourth-order valence-electron chi connectivity index (χ4n) is 3.33. The Labute approximate surface area is 195 Å². The lowest BCUT2D eigenvalue weighted by molar-refractivity contribution is -0.116. The number of ether oxygens (including phenoxy) is 2. The van der Waals surface area contributed by atoms with Gasteiger partial charge in [0.15, 0.2) is 5.75 Å². The van der Waals surface area contributed by atoms with Crippen LogP contribution < -0.4 is 10.1 Å². The van der Waals surface area contributed by atoms with Gasteiger partial charge in [0, 0.05) is 19.5 Å².